The minimum absolute atomic E-state index is 0.00817. The summed E-state index contributed by atoms with van der Waals surface area (Å²) in [6.45, 7) is 4.20. The van der Waals surface area contributed by atoms with Gasteiger partial charge in [0.25, 0.3) is 11.8 Å². The van der Waals surface area contributed by atoms with Gasteiger partial charge in [-0.25, -0.2) is 0 Å². The first-order valence-electron chi connectivity index (χ1n) is 8.36. The number of hydrogen-bond acceptors (Lipinski definition) is 6. The highest BCUT2D eigenvalue weighted by Crippen LogP contribution is 2.33. The van der Waals surface area contributed by atoms with Crippen molar-refractivity contribution in [3.05, 3.63) is 35.6 Å². The van der Waals surface area contributed by atoms with Crippen molar-refractivity contribution in [1.82, 2.24) is 9.80 Å². The Morgan fingerprint density at radius 1 is 1.12 bits per heavy atom. The van der Waals surface area contributed by atoms with Crippen LogP contribution in [0.5, 0.6) is 5.75 Å². The van der Waals surface area contributed by atoms with Crippen molar-refractivity contribution in [2.45, 2.75) is 6.42 Å². The van der Waals surface area contributed by atoms with Crippen molar-refractivity contribution in [3.63, 3.8) is 0 Å². The van der Waals surface area contributed by atoms with E-state index in [0.717, 1.165) is 24.5 Å². The fourth-order valence-electron chi connectivity index (χ4n) is 3.14. The number of morpholine rings is 1. The molecule has 134 valence electrons. The summed E-state index contributed by atoms with van der Waals surface area (Å²) in [5.74, 6) is -1.19. The van der Waals surface area contributed by atoms with E-state index < -0.39 is 17.6 Å². The Bertz CT molecular complexity index is 694. The predicted octanol–water partition coefficient (Wildman–Crippen LogP) is 1.06. The Morgan fingerprint density at radius 3 is 2.56 bits per heavy atom. The first-order valence-corrected chi connectivity index (χ1v) is 8.36. The van der Waals surface area contributed by atoms with Crippen LogP contribution in [-0.4, -0.2) is 73.2 Å². The molecule has 0 radical (unpaired) electrons. The van der Waals surface area contributed by atoms with Gasteiger partial charge in [-0.05, 0) is 12.5 Å². The zero-order chi connectivity index (χ0) is 17.8. The molecule has 0 aliphatic carbocycles. The van der Waals surface area contributed by atoms with Crippen LogP contribution in [0.3, 0.4) is 0 Å². The van der Waals surface area contributed by atoms with Crippen molar-refractivity contribution in [2.75, 3.05) is 46.5 Å². The molecule has 25 heavy (non-hydrogen) atoms. The molecule has 0 aromatic heterocycles. The highest BCUT2D eigenvalue weighted by molar-refractivity contribution is 6.35. The van der Waals surface area contributed by atoms with E-state index in [9.17, 15) is 14.7 Å². The summed E-state index contributed by atoms with van der Waals surface area (Å²) in [6.07, 6.45) is 0.657. The van der Waals surface area contributed by atoms with Crippen molar-refractivity contribution < 1.29 is 24.2 Å². The number of carbonyl (C=O) groups excluding carboxylic acids is 2. The van der Waals surface area contributed by atoms with Gasteiger partial charge < -0.3 is 14.6 Å². The molecule has 0 unspecified atom stereocenters. The smallest absolute Gasteiger partial charge is 0.296 e. The molecule has 2 aliphatic heterocycles. The molecular weight excluding hydrogens is 324 g/mol. The lowest BCUT2D eigenvalue weighted by Crippen LogP contribution is -2.39. The number of methoxy groups -OCH3 is 1. The Balaban J connectivity index is 1.68. The number of carbonyl (C=O) groups is 2. The predicted molar refractivity (Wildman–Crippen MR) is 91.1 cm³/mol. The first kappa shape index (κ1) is 17.4. The number of benzene rings is 1. The Kier molecular flexibility index (Phi) is 5.35. The molecule has 0 spiro atoms. The molecule has 1 aromatic rings. The molecule has 2 amide bonds. The van der Waals surface area contributed by atoms with E-state index in [1.165, 1.54) is 7.11 Å². The number of para-hydroxylation sites is 1. The third-order valence-electron chi connectivity index (χ3n) is 4.48. The zero-order valence-electron chi connectivity index (χ0n) is 14.2. The fraction of sp³-hybridized carbons (Fsp3) is 0.444. The molecular formula is C18H22N2O5. The van der Waals surface area contributed by atoms with Gasteiger partial charge in [0, 0.05) is 31.7 Å². The summed E-state index contributed by atoms with van der Waals surface area (Å²) in [7, 11) is 1.48. The number of rotatable bonds is 6. The summed E-state index contributed by atoms with van der Waals surface area (Å²) >= 11 is 0. The van der Waals surface area contributed by atoms with Crippen molar-refractivity contribution >= 4 is 17.4 Å². The molecule has 1 N–H and O–H groups in total. The molecule has 3 rings (SSSR count). The molecule has 0 saturated carbocycles. The Morgan fingerprint density at radius 2 is 1.84 bits per heavy atom. The van der Waals surface area contributed by atoms with Crippen LogP contribution in [0.4, 0.5) is 0 Å². The van der Waals surface area contributed by atoms with Crippen LogP contribution >= 0.6 is 0 Å². The highest BCUT2D eigenvalue weighted by atomic mass is 16.5. The van der Waals surface area contributed by atoms with Gasteiger partial charge in [0.1, 0.15) is 5.75 Å². The van der Waals surface area contributed by atoms with Crippen LogP contribution in [0.15, 0.2) is 30.0 Å². The van der Waals surface area contributed by atoms with E-state index in [2.05, 4.69) is 4.90 Å². The maximum Gasteiger partial charge on any atom is 0.296 e. The molecule has 7 nitrogen and oxygen atoms in total. The second-order valence-electron chi connectivity index (χ2n) is 5.99. The lowest BCUT2D eigenvalue weighted by atomic mass is 10.0. The maximum absolute atomic E-state index is 12.7. The van der Waals surface area contributed by atoms with Crippen LogP contribution < -0.4 is 4.74 Å². The van der Waals surface area contributed by atoms with E-state index >= 15 is 0 Å². The Hall–Kier alpha value is -2.38. The molecule has 0 bridgehead atoms. The van der Waals surface area contributed by atoms with Crippen molar-refractivity contribution in [2.24, 2.45) is 0 Å². The topological polar surface area (TPSA) is 79.3 Å². The van der Waals surface area contributed by atoms with E-state index in [1.807, 2.05) is 0 Å². The monoisotopic (exact) mass is 346 g/mol. The van der Waals surface area contributed by atoms with Crippen LogP contribution in [0.2, 0.25) is 0 Å². The average Bonchev–Trinajstić information content (AvgIpc) is 2.86. The first-order chi connectivity index (χ1) is 12.1. The van der Waals surface area contributed by atoms with Gasteiger partial charge in [0.05, 0.1) is 25.9 Å². The number of aliphatic hydroxyl groups is 1. The lowest BCUT2D eigenvalue weighted by molar-refractivity contribution is -0.138. The van der Waals surface area contributed by atoms with Gasteiger partial charge in [-0.3, -0.25) is 19.4 Å². The molecule has 2 aliphatic rings. The fourth-order valence-corrected chi connectivity index (χ4v) is 3.14. The number of imide groups is 1. The summed E-state index contributed by atoms with van der Waals surface area (Å²) in [5, 5.41) is 10.2. The van der Waals surface area contributed by atoms with Crippen LogP contribution in [-0.2, 0) is 14.3 Å². The molecule has 1 saturated heterocycles. The van der Waals surface area contributed by atoms with E-state index in [4.69, 9.17) is 9.47 Å². The number of hydrogen-bond donors (Lipinski definition) is 1. The number of aliphatic hydroxyl groups excluding tert-OH is 1. The van der Waals surface area contributed by atoms with Crippen molar-refractivity contribution in [3.8, 4) is 5.75 Å². The summed E-state index contributed by atoms with van der Waals surface area (Å²) in [5.41, 5.74) is 0.436. The van der Waals surface area contributed by atoms with Gasteiger partial charge >= 0.3 is 0 Å². The quantitative estimate of drug-likeness (QED) is 0.776. The minimum atomic E-state index is -0.645. The standard InChI is InChI=1S/C18H22N2O5/c1-24-14-6-3-2-5-13(14)15-16(21)18(23)20(17(15)22)8-4-7-19-9-11-25-12-10-19/h2-3,5-6,21H,4,7-12H2,1H3. The largest absolute Gasteiger partial charge is 0.502 e. The van der Waals surface area contributed by atoms with Crippen molar-refractivity contribution in [1.29, 1.82) is 0 Å². The summed E-state index contributed by atoms with van der Waals surface area (Å²) < 4.78 is 10.5. The van der Waals surface area contributed by atoms with E-state index in [0.29, 0.717) is 30.9 Å². The zero-order valence-corrected chi connectivity index (χ0v) is 14.2. The molecule has 1 fully saturated rings. The van der Waals surface area contributed by atoms with Gasteiger partial charge in [-0.15, -0.1) is 0 Å². The van der Waals surface area contributed by atoms with Gasteiger partial charge in [-0.2, -0.15) is 0 Å². The number of amides is 2. The Labute approximate surface area is 146 Å². The second-order valence-corrected chi connectivity index (χ2v) is 5.99. The summed E-state index contributed by atoms with van der Waals surface area (Å²) in [4.78, 5) is 28.3. The molecule has 2 heterocycles. The SMILES string of the molecule is COc1ccccc1C1=C(O)C(=O)N(CCCN2CCOCC2)C1=O. The number of ether oxygens (including phenoxy) is 2. The van der Waals surface area contributed by atoms with E-state index in [-0.39, 0.29) is 12.1 Å². The van der Waals surface area contributed by atoms with Gasteiger partial charge in [0.2, 0.25) is 0 Å². The second kappa shape index (κ2) is 7.67. The summed E-state index contributed by atoms with van der Waals surface area (Å²) in [6, 6.07) is 6.85. The maximum atomic E-state index is 12.7. The van der Waals surface area contributed by atoms with Crippen LogP contribution in [0, 0.1) is 0 Å². The van der Waals surface area contributed by atoms with Gasteiger partial charge in [0.15, 0.2) is 5.76 Å². The molecule has 1 aromatic carbocycles. The third kappa shape index (κ3) is 3.52. The number of nitrogens with zero attached hydrogens (tertiary/aromatic N) is 2. The molecule has 0 atom stereocenters. The van der Waals surface area contributed by atoms with E-state index in [1.54, 1.807) is 24.3 Å². The highest BCUT2D eigenvalue weighted by Gasteiger charge is 2.39. The normalized spacial score (nSPS) is 19.0. The van der Waals surface area contributed by atoms with Crippen LogP contribution in [0.25, 0.3) is 5.57 Å². The molecule has 7 heteroatoms. The lowest BCUT2D eigenvalue weighted by Gasteiger charge is -2.27. The van der Waals surface area contributed by atoms with Crippen LogP contribution in [0.1, 0.15) is 12.0 Å². The minimum Gasteiger partial charge on any atom is -0.502 e. The third-order valence-corrected chi connectivity index (χ3v) is 4.48. The van der Waals surface area contributed by atoms with Gasteiger partial charge in [-0.1, -0.05) is 18.2 Å². The average molecular weight is 346 g/mol.